The van der Waals surface area contributed by atoms with Gasteiger partial charge in [0.05, 0.1) is 6.33 Å². The predicted molar refractivity (Wildman–Crippen MR) is 101 cm³/mol. The summed E-state index contributed by atoms with van der Waals surface area (Å²) in [5, 5.41) is 5.09. The zero-order valence-electron chi connectivity index (χ0n) is 15.4. The molecule has 10 nitrogen and oxygen atoms in total. The largest absolute Gasteiger partial charge is 0.332 e. The van der Waals surface area contributed by atoms with Crippen molar-refractivity contribution in [3.63, 3.8) is 0 Å². The first-order valence-corrected chi connectivity index (χ1v) is 9.30. The minimum atomic E-state index is -0.390. The van der Waals surface area contributed by atoms with Gasteiger partial charge in [-0.2, -0.15) is 4.98 Å². The van der Waals surface area contributed by atoms with Gasteiger partial charge in [-0.3, -0.25) is 13.9 Å². The predicted octanol–water partition coefficient (Wildman–Crippen LogP) is 0.281. The fraction of sp³-hybridized carbons (Fsp3) is 0.375. The van der Waals surface area contributed by atoms with Gasteiger partial charge in [-0.15, -0.1) is 5.10 Å². The van der Waals surface area contributed by atoms with Gasteiger partial charge in [0.25, 0.3) is 11.3 Å². The number of rotatable bonds is 4. The SMILES string of the molecule is Cc1cc(C)n2nc(SCCn3cnc4c3c(=O)n(C)c(=O)n4C)nc2n1. The van der Waals surface area contributed by atoms with E-state index in [9.17, 15) is 9.59 Å². The molecule has 27 heavy (non-hydrogen) atoms. The Labute approximate surface area is 157 Å². The molecule has 0 N–H and O–H groups in total. The average Bonchev–Trinajstić information content (AvgIpc) is 3.22. The van der Waals surface area contributed by atoms with Gasteiger partial charge in [-0.1, -0.05) is 11.8 Å². The summed E-state index contributed by atoms with van der Waals surface area (Å²) < 4.78 is 5.94. The number of nitrogens with zero attached hydrogens (tertiary/aromatic N) is 8. The summed E-state index contributed by atoms with van der Waals surface area (Å²) in [6.07, 6.45) is 1.58. The molecule has 0 unspecified atom stereocenters. The van der Waals surface area contributed by atoms with Crippen molar-refractivity contribution >= 4 is 28.7 Å². The van der Waals surface area contributed by atoms with Crippen molar-refractivity contribution in [2.45, 2.75) is 25.5 Å². The molecule has 4 heterocycles. The highest BCUT2D eigenvalue weighted by Gasteiger charge is 2.14. The summed E-state index contributed by atoms with van der Waals surface area (Å²) in [5.74, 6) is 1.22. The maximum atomic E-state index is 12.4. The molecule has 0 atom stereocenters. The van der Waals surface area contributed by atoms with Crippen LogP contribution >= 0.6 is 11.8 Å². The molecule has 0 amide bonds. The van der Waals surface area contributed by atoms with Crippen LogP contribution in [-0.4, -0.2) is 44.0 Å². The second-order valence-corrected chi connectivity index (χ2v) is 7.37. The molecule has 0 fully saturated rings. The fourth-order valence-electron chi connectivity index (χ4n) is 3.01. The lowest BCUT2D eigenvalue weighted by Gasteiger charge is -2.05. The quantitative estimate of drug-likeness (QED) is 0.464. The minimum Gasteiger partial charge on any atom is -0.324 e. The van der Waals surface area contributed by atoms with E-state index in [1.54, 1.807) is 22.5 Å². The van der Waals surface area contributed by atoms with Gasteiger partial charge in [-0.05, 0) is 19.9 Å². The van der Waals surface area contributed by atoms with Gasteiger partial charge in [0.1, 0.15) is 0 Å². The maximum absolute atomic E-state index is 12.4. The number of hydrogen-bond donors (Lipinski definition) is 0. The number of aryl methyl sites for hydroxylation is 4. The lowest BCUT2D eigenvalue weighted by molar-refractivity contribution is 0.700. The third-order valence-electron chi connectivity index (χ3n) is 4.38. The zero-order valence-corrected chi connectivity index (χ0v) is 16.2. The Morgan fingerprint density at radius 1 is 1.11 bits per heavy atom. The Kier molecular flexibility index (Phi) is 4.10. The van der Waals surface area contributed by atoms with Crippen LogP contribution in [0.1, 0.15) is 11.4 Å². The van der Waals surface area contributed by atoms with Crippen LogP contribution in [0.5, 0.6) is 0 Å². The monoisotopic (exact) mass is 386 g/mol. The normalized spacial score (nSPS) is 11.7. The van der Waals surface area contributed by atoms with Crippen LogP contribution in [0.2, 0.25) is 0 Å². The van der Waals surface area contributed by atoms with Gasteiger partial charge in [0.15, 0.2) is 11.2 Å². The molecule has 0 spiro atoms. The Hall–Kier alpha value is -2.95. The van der Waals surface area contributed by atoms with Crippen molar-refractivity contribution in [3.05, 3.63) is 44.6 Å². The van der Waals surface area contributed by atoms with Crippen LogP contribution in [0, 0.1) is 13.8 Å². The number of thioether (sulfide) groups is 1. The Bertz CT molecular complexity index is 1300. The third-order valence-corrected chi connectivity index (χ3v) is 5.20. The molecule has 0 aliphatic rings. The van der Waals surface area contributed by atoms with Crippen molar-refractivity contribution in [3.8, 4) is 0 Å². The molecule has 0 aromatic carbocycles. The second kappa shape index (κ2) is 6.34. The lowest BCUT2D eigenvalue weighted by Crippen LogP contribution is -2.37. The smallest absolute Gasteiger partial charge is 0.324 e. The molecule has 140 valence electrons. The number of aromatic nitrogens is 8. The van der Waals surface area contributed by atoms with E-state index in [0.717, 1.165) is 16.0 Å². The van der Waals surface area contributed by atoms with Crippen LogP contribution in [0.25, 0.3) is 16.9 Å². The Morgan fingerprint density at radius 3 is 2.67 bits per heavy atom. The molecule has 4 aromatic heterocycles. The van der Waals surface area contributed by atoms with Gasteiger partial charge in [0.2, 0.25) is 5.16 Å². The molecular weight excluding hydrogens is 368 g/mol. The molecule has 0 saturated heterocycles. The van der Waals surface area contributed by atoms with Crippen LogP contribution in [0.15, 0.2) is 27.1 Å². The van der Waals surface area contributed by atoms with Gasteiger partial charge >= 0.3 is 5.69 Å². The fourth-order valence-corrected chi connectivity index (χ4v) is 3.77. The van der Waals surface area contributed by atoms with E-state index in [2.05, 4.69) is 20.1 Å². The first kappa shape index (κ1) is 17.5. The first-order chi connectivity index (χ1) is 12.9. The highest BCUT2D eigenvalue weighted by molar-refractivity contribution is 7.99. The van der Waals surface area contributed by atoms with E-state index in [1.165, 1.54) is 23.4 Å². The molecule has 4 aromatic rings. The van der Waals surface area contributed by atoms with Crippen molar-refractivity contribution < 1.29 is 0 Å². The molecule has 0 radical (unpaired) electrons. The summed E-state index contributed by atoms with van der Waals surface area (Å²) in [5.41, 5.74) is 1.93. The Morgan fingerprint density at radius 2 is 1.89 bits per heavy atom. The van der Waals surface area contributed by atoms with Gasteiger partial charge in [0, 0.05) is 37.8 Å². The summed E-state index contributed by atoms with van der Waals surface area (Å²) in [7, 11) is 3.07. The number of hydrogen-bond acceptors (Lipinski definition) is 7. The minimum absolute atomic E-state index is 0.350. The standard InChI is InChI=1S/C16H18N8O2S/c1-9-7-10(2)24-14(18-9)19-15(20-24)27-6-5-23-8-17-12-11(23)13(25)22(4)16(26)21(12)3/h7-8H,5-6H2,1-4H3. The molecule has 0 saturated carbocycles. The van der Waals surface area contributed by atoms with E-state index in [0.29, 0.717) is 34.4 Å². The highest BCUT2D eigenvalue weighted by Crippen LogP contribution is 2.16. The summed E-state index contributed by atoms with van der Waals surface area (Å²) >= 11 is 1.48. The van der Waals surface area contributed by atoms with Crippen LogP contribution < -0.4 is 11.2 Å². The van der Waals surface area contributed by atoms with Crippen molar-refractivity contribution in [2.75, 3.05) is 5.75 Å². The summed E-state index contributed by atoms with van der Waals surface area (Å²) in [6.45, 7) is 4.42. The van der Waals surface area contributed by atoms with Crippen LogP contribution in [-0.2, 0) is 20.6 Å². The second-order valence-electron chi connectivity index (χ2n) is 6.31. The van der Waals surface area contributed by atoms with Crippen molar-refractivity contribution in [1.82, 2.24) is 38.3 Å². The summed E-state index contributed by atoms with van der Waals surface area (Å²) in [6, 6.07) is 1.95. The Balaban J connectivity index is 1.59. The molecule has 0 aliphatic carbocycles. The van der Waals surface area contributed by atoms with Gasteiger partial charge < -0.3 is 4.57 Å². The number of imidazole rings is 1. The first-order valence-electron chi connectivity index (χ1n) is 8.31. The van der Waals surface area contributed by atoms with Gasteiger partial charge in [-0.25, -0.2) is 19.3 Å². The maximum Gasteiger partial charge on any atom is 0.332 e. The molecule has 4 rings (SSSR count). The molecule has 0 aliphatic heterocycles. The highest BCUT2D eigenvalue weighted by atomic mass is 32.2. The van der Waals surface area contributed by atoms with Crippen LogP contribution in [0.3, 0.4) is 0 Å². The molecule has 0 bridgehead atoms. The van der Waals surface area contributed by atoms with Crippen LogP contribution in [0.4, 0.5) is 0 Å². The van der Waals surface area contributed by atoms with E-state index < -0.39 is 0 Å². The average molecular weight is 386 g/mol. The van der Waals surface area contributed by atoms with E-state index in [4.69, 9.17) is 0 Å². The molecular formula is C16H18N8O2S. The zero-order chi connectivity index (χ0) is 19.3. The summed E-state index contributed by atoms with van der Waals surface area (Å²) in [4.78, 5) is 37.5. The molecule has 11 heteroatoms. The topological polar surface area (TPSA) is 105 Å². The van der Waals surface area contributed by atoms with E-state index in [-0.39, 0.29) is 11.2 Å². The van der Waals surface area contributed by atoms with E-state index in [1.807, 2.05) is 19.9 Å². The van der Waals surface area contributed by atoms with Crippen molar-refractivity contribution in [2.24, 2.45) is 14.1 Å². The van der Waals surface area contributed by atoms with Crippen molar-refractivity contribution in [1.29, 1.82) is 0 Å². The van der Waals surface area contributed by atoms with E-state index >= 15 is 0 Å². The number of fused-ring (bicyclic) bond motifs is 2. The third kappa shape index (κ3) is 2.83. The lowest BCUT2D eigenvalue weighted by atomic mass is 10.4.